The maximum atomic E-state index is 13.1. The van der Waals surface area contributed by atoms with Crippen LogP contribution in [0.4, 0.5) is 10.5 Å². The predicted octanol–water partition coefficient (Wildman–Crippen LogP) is 4.80. The second kappa shape index (κ2) is 9.12. The number of amides is 3. The molecule has 1 atom stereocenters. The van der Waals surface area contributed by atoms with E-state index in [4.69, 9.17) is 0 Å². The molecule has 2 aromatic carbocycles. The van der Waals surface area contributed by atoms with Crippen LogP contribution in [0.1, 0.15) is 44.9 Å². The number of carbonyl (C=O) groups excluding carboxylic acids is 2. The van der Waals surface area contributed by atoms with E-state index in [9.17, 15) is 9.59 Å². The number of urea groups is 1. The first-order valence-electron chi connectivity index (χ1n) is 10.7. The molecular weight excluding hydrogens is 362 g/mol. The maximum absolute atomic E-state index is 13.1. The van der Waals surface area contributed by atoms with Crippen molar-refractivity contribution in [2.45, 2.75) is 57.0 Å². The second-order valence-corrected chi connectivity index (χ2v) is 8.04. The quantitative estimate of drug-likeness (QED) is 0.786. The Morgan fingerprint density at radius 3 is 2.34 bits per heavy atom. The van der Waals surface area contributed by atoms with Crippen LogP contribution in [0.15, 0.2) is 54.6 Å². The Bertz CT molecular complexity index is 846. The summed E-state index contributed by atoms with van der Waals surface area (Å²) in [5.41, 5.74) is 2.82. The smallest absolute Gasteiger partial charge is 0.318 e. The summed E-state index contributed by atoms with van der Waals surface area (Å²) in [7, 11) is 0. The van der Waals surface area contributed by atoms with Crippen LogP contribution in [0, 0.1) is 0 Å². The van der Waals surface area contributed by atoms with Crippen molar-refractivity contribution in [3.05, 3.63) is 54.6 Å². The molecule has 152 valence electrons. The molecule has 2 N–H and O–H groups in total. The lowest BCUT2D eigenvalue weighted by Gasteiger charge is -2.29. The van der Waals surface area contributed by atoms with Crippen molar-refractivity contribution in [1.29, 1.82) is 0 Å². The average Bonchev–Trinajstić information content (AvgIpc) is 3.26. The number of hydrogen-bond donors (Lipinski definition) is 2. The van der Waals surface area contributed by atoms with E-state index < -0.39 is 6.04 Å². The summed E-state index contributed by atoms with van der Waals surface area (Å²) < 4.78 is 0. The van der Waals surface area contributed by atoms with Crippen LogP contribution < -0.4 is 10.6 Å². The normalized spacial score (nSPS) is 19.7. The molecule has 1 heterocycles. The van der Waals surface area contributed by atoms with Crippen molar-refractivity contribution in [2.24, 2.45) is 0 Å². The molecule has 1 unspecified atom stereocenters. The van der Waals surface area contributed by atoms with Gasteiger partial charge in [0, 0.05) is 23.8 Å². The van der Waals surface area contributed by atoms with E-state index in [0.29, 0.717) is 13.0 Å². The molecule has 1 saturated heterocycles. The predicted molar refractivity (Wildman–Crippen MR) is 116 cm³/mol. The van der Waals surface area contributed by atoms with Crippen LogP contribution in [-0.2, 0) is 4.79 Å². The standard InChI is InChI=1S/C24H29N3O2/c28-23(26-21-15-8-7-14-20(21)18-10-3-1-4-11-18)22-16-9-17-27(22)24(29)25-19-12-5-2-6-13-19/h1,3-4,7-8,10-11,14-15,19,22H,2,5-6,9,12-13,16-17H2,(H,25,29)(H,26,28). The fourth-order valence-corrected chi connectivity index (χ4v) is 4.46. The third-order valence-electron chi connectivity index (χ3n) is 6.02. The Morgan fingerprint density at radius 1 is 0.828 bits per heavy atom. The topological polar surface area (TPSA) is 61.4 Å². The van der Waals surface area contributed by atoms with Gasteiger partial charge in [-0.25, -0.2) is 4.79 Å². The summed E-state index contributed by atoms with van der Waals surface area (Å²) >= 11 is 0. The molecule has 2 aliphatic rings. The number of carbonyl (C=O) groups is 2. The van der Waals surface area contributed by atoms with Gasteiger partial charge in [0.2, 0.25) is 5.91 Å². The zero-order valence-corrected chi connectivity index (χ0v) is 16.8. The molecule has 1 saturated carbocycles. The third-order valence-corrected chi connectivity index (χ3v) is 6.02. The van der Waals surface area contributed by atoms with Gasteiger partial charge >= 0.3 is 6.03 Å². The Hall–Kier alpha value is -2.82. The minimum absolute atomic E-state index is 0.0918. The van der Waals surface area contributed by atoms with Gasteiger partial charge in [-0.1, -0.05) is 67.8 Å². The summed E-state index contributed by atoms with van der Waals surface area (Å²) in [6, 6.07) is 17.6. The van der Waals surface area contributed by atoms with Gasteiger partial charge in [-0.3, -0.25) is 4.79 Å². The lowest BCUT2D eigenvalue weighted by Crippen LogP contribution is -2.50. The number of para-hydroxylation sites is 1. The number of anilines is 1. The second-order valence-electron chi connectivity index (χ2n) is 8.04. The minimum atomic E-state index is -0.414. The number of hydrogen-bond acceptors (Lipinski definition) is 2. The fourth-order valence-electron chi connectivity index (χ4n) is 4.46. The van der Waals surface area contributed by atoms with Gasteiger partial charge in [0.15, 0.2) is 0 Å². The van der Waals surface area contributed by atoms with Gasteiger partial charge in [0.1, 0.15) is 6.04 Å². The summed E-state index contributed by atoms with van der Waals surface area (Å²) in [5, 5.41) is 6.23. The van der Waals surface area contributed by atoms with Gasteiger partial charge < -0.3 is 15.5 Å². The molecule has 0 bridgehead atoms. The molecule has 1 aliphatic heterocycles. The number of nitrogens with zero attached hydrogens (tertiary/aromatic N) is 1. The highest BCUT2D eigenvalue weighted by molar-refractivity contribution is 6.00. The van der Waals surface area contributed by atoms with Crippen LogP contribution in [0.5, 0.6) is 0 Å². The highest BCUT2D eigenvalue weighted by atomic mass is 16.2. The monoisotopic (exact) mass is 391 g/mol. The summed E-state index contributed by atoms with van der Waals surface area (Å²) in [6.45, 7) is 0.636. The molecule has 5 heteroatoms. The number of likely N-dealkylation sites (tertiary alicyclic amines) is 1. The molecule has 0 spiro atoms. The Morgan fingerprint density at radius 2 is 1.55 bits per heavy atom. The largest absolute Gasteiger partial charge is 0.335 e. The zero-order valence-electron chi connectivity index (χ0n) is 16.8. The van der Waals surface area contributed by atoms with Crippen LogP contribution in [0.3, 0.4) is 0 Å². The molecule has 0 aromatic heterocycles. The van der Waals surface area contributed by atoms with Crippen molar-refractivity contribution in [3.63, 3.8) is 0 Å². The molecule has 2 aromatic rings. The number of benzene rings is 2. The molecule has 29 heavy (non-hydrogen) atoms. The average molecular weight is 392 g/mol. The van der Waals surface area contributed by atoms with Crippen molar-refractivity contribution >= 4 is 17.6 Å². The first kappa shape index (κ1) is 19.5. The van der Waals surface area contributed by atoms with Gasteiger partial charge in [-0.15, -0.1) is 0 Å². The molecule has 4 rings (SSSR count). The van der Waals surface area contributed by atoms with E-state index in [1.54, 1.807) is 4.90 Å². The molecule has 3 amide bonds. The van der Waals surface area contributed by atoms with Gasteiger partial charge in [0.25, 0.3) is 0 Å². The van der Waals surface area contributed by atoms with Crippen molar-refractivity contribution in [2.75, 3.05) is 11.9 Å². The highest BCUT2D eigenvalue weighted by Gasteiger charge is 2.35. The first-order valence-corrected chi connectivity index (χ1v) is 10.7. The lowest BCUT2D eigenvalue weighted by atomic mass is 9.96. The highest BCUT2D eigenvalue weighted by Crippen LogP contribution is 2.29. The SMILES string of the molecule is O=C(Nc1ccccc1-c1ccccc1)C1CCCN1C(=O)NC1CCCCC1. The van der Waals surface area contributed by atoms with Crippen LogP contribution in [0.2, 0.25) is 0 Å². The summed E-state index contributed by atoms with van der Waals surface area (Å²) in [5.74, 6) is -0.107. The first-order chi connectivity index (χ1) is 14.2. The number of nitrogens with one attached hydrogen (secondary N) is 2. The molecule has 2 fully saturated rings. The van der Waals surface area contributed by atoms with Gasteiger partial charge in [-0.2, -0.15) is 0 Å². The number of rotatable bonds is 4. The molecule has 0 radical (unpaired) electrons. The Labute approximate surface area is 172 Å². The van der Waals surface area contributed by atoms with Crippen LogP contribution in [0.25, 0.3) is 11.1 Å². The molecular formula is C24H29N3O2. The van der Waals surface area contributed by atoms with Crippen molar-refractivity contribution in [1.82, 2.24) is 10.2 Å². The van der Waals surface area contributed by atoms with E-state index in [-0.39, 0.29) is 18.0 Å². The summed E-state index contributed by atoms with van der Waals surface area (Å²) in [4.78, 5) is 27.6. The molecule has 1 aliphatic carbocycles. The Kier molecular flexibility index (Phi) is 6.13. The molecule has 5 nitrogen and oxygen atoms in total. The van der Waals surface area contributed by atoms with Crippen LogP contribution >= 0.6 is 0 Å². The zero-order chi connectivity index (χ0) is 20.1. The van der Waals surface area contributed by atoms with Crippen LogP contribution in [-0.4, -0.2) is 35.5 Å². The summed E-state index contributed by atoms with van der Waals surface area (Å²) in [6.07, 6.45) is 7.24. The maximum Gasteiger partial charge on any atom is 0.318 e. The van der Waals surface area contributed by atoms with E-state index in [1.807, 2.05) is 54.6 Å². The van der Waals surface area contributed by atoms with E-state index in [1.165, 1.54) is 19.3 Å². The van der Waals surface area contributed by atoms with Gasteiger partial charge in [-0.05, 0) is 37.3 Å². The van der Waals surface area contributed by atoms with E-state index in [2.05, 4.69) is 10.6 Å². The Balaban J connectivity index is 1.45. The lowest BCUT2D eigenvalue weighted by molar-refractivity contribution is -0.119. The van der Waals surface area contributed by atoms with Crippen molar-refractivity contribution < 1.29 is 9.59 Å². The van der Waals surface area contributed by atoms with Crippen molar-refractivity contribution in [3.8, 4) is 11.1 Å². The minimum Gasteiger partial charge on any atom is -0.335 e. The van der Waals surface area contributed by atoms with E-state index in [0.717, 1.165) is 36.1 Å². The van der Waals surface area contributed by atoms with Gasteiger partial charge in [0.05, 0.1) is 0 Å². The van der Waals surface area contributed by atoms with E-state index >= 15 is 0 Å². The fraction of sp³-hybridized carbons (Fsp3) is 0.417. The third kappa shape index (κ3) is 4.61.